The minimum atomic E-state index is -3.80. The van der Waals surface area contributed by atoms with Crippen LogP contribution in [0.2, 0.25) is 5.02 Å². The summed E-state index contributed by atoms with van der Waals surface area (Å²) in [4.78, 5) is 12.5. The Kier molecular flexibility index (Phi) is 6.22. The van der Waals surface area contributed by atoms with Gasteiger partial charge in [-0.05, 0) is 42.8 Å². The molecule has 9 heteroatoms. The van der Waals surface area contributed by atoms with Crippen molar-refractivity contribution in [2.24, 2.45) is 0 Å². The molecule has 6 nitrogen and oxygen atoms in total. The van der Waals surface area contributed by atoms with E-state index < -0.39 is 15.9 Å². The molecule has 2 aromatic carbocycles. The first-order valence-corrected chi connectivity index (χ1v) is 10.8. The summed E-state index contributed by atoms with van der Waals surface area (Å²) in [6.07, 6.45) is 0. The minimum absolute atomic E-state index is 0.0797. The molecule has 0 unspecified atom stereocenters. The topological polar surface area (TPSA) is 75.7 Å². The van der Waals surface area contributed by atoms with E-state index in [0.29, 0.717) is 18.9 Å². The maximum absolute atomic E-state index is 12.9. The standard InChI is InChI=1S/C18H18BrClN2O4S/c1-12-2-4-14(11-15(12)19)21-18(23)13-3-5-16(20)17(10-13)27(24,25)22-6-8-26-9-7-22/h2-5,10-11H,6-9H2,1H3,(H,21,23). The number of amides is 1. The van der Waals surface area contributed by atoms with Gasteiger partial charge in [0.15, 0.2) is 0 Å². The average Bonchev–Trinajstić information content (AvgIpc) is 2.65. The van der Waals surface area contributed by atoms with Gasteiger partial charge in [0.2, 0.25) is 10.0 Å². The van der Waals surface area contributed by atoms with E-state index in [2.05, 4.69) is 21.2 Å². The monoisotopic (exact) mass is 472 g/mol. The highest BCUT2D eigenvalue weighted by molar-refractivity contribution is 9.10. The summed E-state index contributed by atoms with van der Waals surface area (Å²) in [5.74, 6) is -0.416. The zero-order valence-corrected chi connectivity index (χ0v) is 17.7. The van der Waals surface area contributed by atoms with Crippen molar-refractivity contribution < 1.29 is 17.9 Å². The van der Waals surface area contributed by atoms with Crippen molar-refractivity contribution in [1.29, 1.82) is 0 Å². The number of rotatable bonds is 4. The van der Waals surface area contributed by atoms with Gasteiger partial charge in [0.25, 0.3) is 5.91 Å². The van der Waals surface area contributed by atoms with Crippen LogP contribution in [0.15, 0.2) is 45.8 Å². The molecule has 1 aliphatic rings. The Labute approximate surface area is 171 Å². The molecule has 0 aliphatic carbocycles. The second kappa shape index (κ2) is 8.28. The van der Waals surface area contributed by atoms with Crippen molar-refractivity contribution in [2.45, 2.75) is 11.8 Å². The molecule has 0 spiro atoms. The van der Waals surface area contributed by atoms with E-state index in [1.807, 2.05) is 13.0 Å². The largest absolute Gasteiger partial charge is 0.379 e. The van der Waals surface area contributed by atoms with Gasteiger partial charge in [-0.3, -0.25) is 4.79 Å². The summed E-state index contributed by atoms with van der Waals surface area (Å²) in [6, 6.07) is 9.67. The first kappa shape index (κ1) is 20.3. The third-order valence-corrected chi connectivity index (χ3v) is 7.45. The summed E-state index contributed by atoms with van der Waals surface area (Å²) < 4.78 is 33.1. The van der Waals surface area contributed by atoms with Crippen molar-refractivity contribution in [3.05, 3.63) is 57.0 Å². The number of aryl methyl sites for hydroxylation is 1. The number of benzene rings is 2. The third kappa shape index (κ3) is 4.52. The second-order valence-electron chi connectivity index (χ2n) is 6.08. The number of ether oxygens (including phenoxy) is 1. The number of hydrogen-bond acceptors (Lipinski definition) is 4. The fourth-order valence-electron chi connectivity index (χ4n) is 2.64. The summed E-state index contributed by atoms with van der Waals surface area (Å²) >= 11 is 9.55. The molecule has 2 aromatic rings. The van der Waals surface area contributed by atoms with Gasteiger partial charge in [0.05, 0.1) is 18.2 Å². The molecule has 0 saturated carbocycles. The lowest BCUT2D eigenvalue weighted by atomic mass is 10.2. The van der Waals surface area contributed by atoms with Crippen LogP contribution in [0.25, 0.3) is 0 Å². The number of halogens is 2. The summed E-state index contributed by atoms with van der Waals surface area (Å²) in [6.45, 7) is 3.12. The normalized spacial score (nSPS) is 15.5. The molecule has 0 aromatic heterocycles. The molecule has 0 bridgehead atoms. The maximum Gasteiger partial charge on any atom is 0.255 e. The number of carbonyl (C=O) groups is 1. The Bertz CT molecular complexity index is 975. The van der Waals surface area contributed by atoms with E-state index in [0.717, 1.165) is 10.0 Å². The lowest BCUT2D eigenvalue weighted by molar-refractivity contribution is 0.0730. The lowest BCUT2D eigenvalue weighted by Gasteiger charge is -2.26. The molecule has 1 aliphatic heterocycles. The fraction of sp³-hybridized carbons (Fsp3) is 0.278. The van der Waals surface area contributed by atoms with E-state index >= 15 is 0 Å². The van der Waals surface area contributed by atoms with Gasteiger partial charge in [-0.2, -0.15) is 4.31 Å². The van der Waals surface area contributed by atoms with E-state index in [1.165, 1.54) is 22.5 Å². The van der Waals surface area contributed by atoms with Gasteiger partial charge in [0, 0.05) is 28.8 Å². The van der Waals surface area contributed by atoms with Gasteiger partial charge in [0.1, 0.15) is 4.90 Å². The van der Waals surface area contributed by atoms with E-state index in [4.69, 9.17) is 16.3 Å². The molecule has 0 atom stereocenters. The summed E-state index contributed by atoms with van der Waals surface area (Å²) in [7, 11) is -3.80. The van der Waals surface area contributed by atoms with Crippen LogP contribution in [0.5, 0.6) is 0 Å². The highest BCUT2D eigenvalue weighted by Crippen LogP contribution is 2.27. The Morgan fingerprint density at radius 2 is 1.89 bits per heavy atom. The van der Waals surface area contributed by atoms with Gasteiger partial charge in [-0.15, -0.1) is 0 Å². The quantitative estimate of drug-likeness (QED) is 0.735. The molecule has 1 fully saturated rings. The highest BCUT2D eigenvalue weighted by Gasteiger charge is 2.29. The number of morpholine rings is 1. The van der Waals surface area contributed by atoms with E-state index in [-0.39, 0.29) is 28.6 Å². The number of sulfonamides is 1. The molecule has 3 rings (SSSR count). The first-order chi connectivity index (χ1) is 12.8. The van der Waals surface area contributed by atoms with Gasteiger partial charge in [-0.25, -0.2) is 8.42 Å². The van der Waals surface area contributed by atoms with Crippen molar-refractivity contribution in [3.63, 3.8) is 0 Å². The number of nitrogens with one attached hydrogen (secondary N) is 1. The van der Waals surface area contributed by atoms with Crippen LogP contribution in [0.1, 0.15) is 15.9 Å². The van der Waals surface area contributed by atoms with Crippen LogP contribution < -0.4 is 5.32 Å². The molecule has 0 radical (unpaired) electrons. The maximum atomic E-state index is 12.9. The van der Waals surface area contributed by atoms with Crippen LogP contribution in [-0.4, -0.2) is 44.9 Å². The molecule has 27 heavy (non-hydrogen) atoms. The van der Waals surface area contributed by atoms with Crippen molar-refractivity contribution in [1.82, 2.24) is 4.31 Å². The summed E-state index contributed by atoms with van der Waals surface area (Å²) in [5, 5.41) is 2.84. The predicted octanol–water partition coefficient (Wildman–Crippen LogP) is 3.68. The highest BCUT2D eigenvalue weighted by atomic mass is 79.9. The summed E-state index contributed by atoms with van der Waals surface area (Å²) in [5.41, 5.74) is 1.85. The minimum Gasteiger partial charge on any atom is -0.379 e. The SMILES string of the molecule is Cc1ccc(NC(=O)c2ccc(Cl)c(S(=O)(=O)N3CCOCC3)c2)cc1Br. The van der Waals surface area contributed by atoms with E-state index in [1.54, 1.807) is 12.1 Å². The number of carbonyl (C=O) groups excluding carboxylic acids is 1. The van der Waals surface area contributed by atoms with E-state index in [9.17, 15) is 13.2 Å². The van der Waals surface area contributed by atoms with Crippen LogP contribution in [0.4, 0.5) is 5.69 Å². The zero-order valence-electron chi connectivity index (χ0n) is 14.5. The fourth-order valence-corrected chi connectivity index (χ4v) is 4.93. The van der Waals surface area contributed by atoms with Crippen molar-refractivity contribution in [3.8, 4) is 0 Å². The first-order valence-electron chi connectivity index (χ1n) is 8.24. The van der Waals surface area contributed by atoms with Crippen LogP contribution >= 0.6 is 27.5 Å². The molecular weight excluding hydrogens is 456 g/mol. The van der Waals surface area contributed by atoms with Gasteiger partial charge in [-0.1, -0.05) is 33.6 Å². The van der Waals surface area contributed by atoms with Gasteiger partial charge >= 0.3 is 0 Å². The van der Waals surface area contributed by atoms with Crippen LogP contribution in [-0.2, 0) is 14.8 Å². The third-order valence-electron chi connectivity index (χ3n) is 4.21. The van der Waals surface area contributed by atoms with Crippen LogP contribution in [0.3, 0.4) is 0 Å². The molecule has 1 amide bonds. The number of anilines is 1. The van der Waals surface area contributed by atoms with Crippen molar-refractivity contribution >= 4 is 49.1 Å². The molecule has 1 heterocycles. The number of nitrogens with zero attached hydrogens (tertiary/aromatic N) is 1. The smallest absolute Gasteiger partial charge is 0.255 e. The molecule has 144 valence electrons. The Morgan fingerprint density at radius 3 is 2.56 bits per heavy atom. The Balaban J connectivity index is 1.88. The second-order valence-corrected chi connectivity index (χ2v) is 9.25. The zero-order chi connectivity index (χ0) is 19.6. The van der Waals surface area contributed by atoms with Gasteiger partial charge < -0.3 is 10.1 Å². The molecule has 1 saturated heterocycles. The lowest BCUT2D eigenvalue weighted by Crippen LogP contribution is -2.40. The van der Waals surface area contributed by atoms with Crippen molar-refractivity contribution in [2.75, 3.05) is 31.6 Å². The molecular formula is C18H18BrClN2O4S. The predicted molar refractivity (Wildman–Crippen MR) is 108 cm³/mol. The van der Waals surface area contributed by atoms with Crippen LogP contribution in [0, 0.1) is 6.92 Å². The number of hydrogen-bond donors (Lipinski definition) is 1. The Morgan fingerprint density at radius 1 is 1.19 bits per heavy atom. The average molecular weight is 474 g/mol. The molecule has 1 N–H and O–H groups in total. The Hall–Kier alpha value is -1.45.